The van der Waals surface area contributed by atoms with Crippen molar-refractivity contribution in [1.29, 1.82) is 0 Å². The van der Waals surface area contributed by atoms with E-state index in [2.05, 4.69) is 10.6 Å². The van der Waals surface area contributed by atoms with Crippen molar-refractivity contribution in [2.24, 2.45) is 0 Å². The molecule has 34 heavy (non-hydrogen) atoms. The van der Waals surface area contributed by atoms with Gasteiger partial charge in [0.25, 0.3) is 0 Å². The lowest BCUT2D eigenvalue weighted by Crippen LogP contribution is -2.12. The monoisotopic (exact) mass is 480 g/mol. The lowest BCUT2D eigenvalue weighted by Gasteiger charge is -2.20. The molecular formula is C26H26F6N2. The zero-order chi connectivity index (χ0) is 25.3. The van der Waals surface area contributed by atoms with Gasteiger partial charge in [-0.25, -0.2) is 0 Å². The summed E-state index contributed by atoms with van der Waals surface area (Å²) < 4.78 is 83.3. The summed E-state index contributed by atoms with van der Waals surface area (Å²) in [7, 11) is 0. The van der Waals surface area contributed by atoms with Gasteiger partial charge in [-0.1, -0.05) is 38.1 Å². The van der Waals surface area contributed by atoms with Crippen molar-refractivity contribution in [2.75, 3.05) is 10.6 Å². The van der Waals surface area contributed by atoms with Gasteiger partial charge in [0.15, 0.2) is 0 Å². The van der Waals surface area contributed by atoms with E-state index in [4.69, 9.17) is 0 Å². The molecule has 3 rings (SSSR count). The summed E-state index contributed by atoms with van der Waals surface area (Å²) >= 11 is 0. The van der Waals surface area contributed by atoms with Crippen molar-refractivity contribution in [3.05, 3.63) is 77.4 Å². The van der Waals surface area contributed by atoms with Crippen molar-refractivity contribution in [1.82, 2.24) is 0 Å². The maximum Gasteiger partial charge on any atom is 0.417 e. The van der Waals surface area contributed by atoms with Gasteiger partial charge in [0, 0.05) is 23.1 Å². The topological polar surface area (TPSA) is 24.1 Å². The molecule has 0 amide bonds. The van der Waals surface area contributed by atoms with Crippen molar-refractivity contribution < 1.29 is 26.3 Å². The third-order valence-electron chi connectivity index (χ3n) is 5.24. The highest BCUT2D eigenvalue weighted by molar-refractivity contribution is 5.76. The number of halogens is 6. The largest absolute Gasteiger partial charge is 0.417 e. The molecule has 0 heterocycles. The highest BCUT2D eigenvalue weighted by Crippen LogP contribution is 2.44. The van der Waals surface area contributed by atoms with Crippen LogP contribution in [0.5, 0.6) is 0 Å². The molecule has 0 aliphatic rings. The standard InChI is InChI=1S/C26H26F6N2/c1-15(2)17-8-10-21(23(12-17)25(27,28)29)22-11-9-20(14-24(22)26(30,31)32)34-19-7-5-6-18(13-19)33-16(3)4/h5-16,33-34H,1-4H3. The normalized spacial score (nSPS) is 12.4. The number of hydrogen-bond donors (Lipinski definition) is 2. The Hall–Kier alpha value is -3.16. The highest BCUT2D eigenvalue weighted by atomic mass is 19.4. The predicted molar refractivity (Wildman–Crippen MR) is 124 cm³/mol. The van der Waals surface area contributed by atoms with E-state index < -0.39 is 34.6 Å². The third-order valence-corrected chi connectivity index (χ3v) is 5.24. The van der Waals surface area contributed by atoms with E-state index in [1.165, 1.54) is 12.1 Å². The summed E-state index contributed by atoms with van der Waals surface area (Å²) in [6.07, 6.45) is -9.66. The number of anilines is 3. The minimum Gasteiger partial charge on any atom is -0.383 e. The van der Waals surface area contributed by atoms with Gasteiger partial charge in [0.2, 0.25) is 0 Å². The van der Waals surface area contributed by atoms with Crippen LogP contribution in [0.2, 0.25) is 0 Å². The van der Waals surface area contributed by atoms with Crippen LogP contribution >= 0.6 is 0 Å². The van der Waals surface area contributed by atoms with E-state index in [1.807, 2.05) is 19.9 Å². The summed E-state index contributed by atoms with van der Waals surface area (Å²) in [5.74, 6) is -0.204. The van der Waals surface area contributed by atoms with Crippen LogP contribution in [0.4, 0.5) is 43.4 Å². The summed E-state index contributed by atoms with van der Waals surface area (Å²) in [5.41, 5.74) is -1.40. The Labute approximate surface area is 195 Å². The molecule has 0 bridgehead atoms. The van der Waals surface area contributed by atoms with E-state index in [1.54, 1.807) is 32.0 Å². The minimum atomic E-state index is -4.85. The fraction of sp³-hybridized carbons (Fsp3) is 0.308. The fourth-order valence-corrected chi connectivity index (χ4v) is 3.67. The van der Waals surface area contributed by atoms with Crippen LogP contribution < -0.4 is 10.6 Å². The zero-order valence-corrected chi connectivity index (χ0v) is 19.2. The summed E-state index contributed by atoms with van der Waals surface area (Å²) in [4.78, 5) is 0. The average Bonchev–Trinajstić information content (AvgIpc) is 2.72. The van der Waals surface area contributed by atoms with Gasteiger partial charge in [-0.2, -0.15) is 26.3 Å². The number of nitrogens with one attached hydrogen (secondary N) is 2. The Balaban J connectivity index is 2.08. The van der Waals surface area contributed by atoms with Gasteiger partial charge in [0.1, 0.15) is 0 Å². The maximum atomic E-state index is 14.0. The highest BCUT2D eigenvalue weighted by Gasteiger charge is 2.38. The number of benzene rings is 3. The Bertz CT molecular complexity index is 1150. The lowest BCUT2D eigenvalue weighted by atomic mass is 9.90. The van der Waals surface area contributed by atoms with Gasteiger partial charge in [-0.3, -0.25) is 0 Å². The van der Waals surface area contributed by atoms with E-state index in [9.17, 15) is 26.3 Å². The number of alkyl halides is 6. The molecule has 0 unspecified atom stereocenters. The first-order valence-corrected chi connectivity index (χ1v) is 10.8. The summed E-state index contributed by atoms with van der Waals surface area (Å²) in [6.45, 7) is 7.36. The smallest absolute Gasteiger partial charge is 0.383 e. The quantitative estimate of drug-likeness (QED) is 0.344. The lowest BCUT2D eigenvalue weighted by molar-refractivity contribution is -0.139. The third kappa shape index (κ3) is 6.04. The van der Waals surface area contributed by atoms with Crippen LogP contribution in [-0.4, -0.2) is 6.04 Å². The molecule has 3 aromatic rings. The average molecular weight is 480 g/mol. The molecule has 0 saturated carbocycles. The van der Waals surface area contributed by atoms with Gasteiger partial charge in [-0.05, 0) is 72.9 Å². The molecule has 0 spiro atoms. The molecule has 3 aromatic carbocycles. The maximum absolute atomic E-state index is 14.0. The van der Waals surface area contributed by atoms with Crippen molar-refractivity contribution in [2.45, 2.75) is 52.0 Å². The second-order valence-corrected chi connectivity index (χ2v) is 8.72. The second-order valence-electron chi connectivity index (χ2n) is 8.72. The van der Waals surface area contributed by atoms with Gasteiger partial charge in [0.05, 0.1) is 11.1 Å². The SMILES string of the molecule is CC(C)Nc1cccc(Nc2ccc(-c3ccc(C(C)C)cc3C(F)(F)F)c(C(F)(F)F)c2)c1. The minimum absolute atomic E-state index is 0.116. The molecule has 0 aromatic heterocycles. The van der Waals surface area contributed by atoms with Crippen molar-refractivity contribution in [3.63, 3.8) is 0 Å². The Morgan fingerprint density at radius 3 is 1.71 bits per heavy atom. The van der Waals surface area contributed by atoms with Gasteiger partial charge >= 0.3 is 12.4 Å². The Morgan fingerprint density at radius 2 is 1.15 bits per heavy atom. The van der Waals surface area contributed by atoms with Gasteiger partial charge < -0.3 is 10.6 Å². The van der Waals surface area contributed by atoms with Crippen LogP contribution in [0, 0.1) is 0 Å². The van der Waals surface area contributed by atoms with Crippen LogP contribution in [0.3, 0.4) is 0 Å². The summed E-state index contributed by atoms with van der Waals surface area (Å²) in [5, 5.41) is 6.12. The molecule has 182 valence electrons. The van der Waals surface area contributed by atoms with Crippen LogP contribution in [0.1, 0.15) is 50.3 Å². The molecule has 0 aliphatic carbocycles. The first-order valence-electron chi connectivity index (χ1n) is 10.8. The van der Waals surface area contributed by atoms with Crippen LogP contribution in [0.25, 0.3) is 11.1 Å². The Kier molecular flexibility index (Phi) is 7.19. The molecule has 2 N–H and O–H groups in total. The van der Waals surface area contributed by atoms with Crippen molar-refractivity contribution >= 4 is 17.1 Å². The van der Waals surface area contributed by atoms with E-state index >= 15 is 0 Å². The van der Waals surface area contributed by atoms with Crippen LogP contribution in [0.15, 0.2) is 60.7 Å². The summed E-state index contributed by atoms with van der Waals surface area (Å²) in [6, 6.07) is 13.9. The molecule has 0 saturated heterocycles. The van der Waals surface area contributed by atoms with Crippen molar-refractivity contribution in [3.8, 4) is 11.1 Å². The van der Waals surface area contributed by atoms with E-state index in [-0.39, 0.29) is 17.6 Å². The van der Waals surface area contributed by atoms with E-state index in [0.29, 0.717) is 11.3 Å². The molecule has 0 radical (unpaired) electrons. The predicted octanol–water partition coefficient (Wildman–Crippen LogP) is 9.08. The Morgan fingerprint density at radius 1 is 0.618 bits per heavy atom. The molecule has 2 nitrogen and oxygen atoms in total. The molecular weight excluding hydrogens is 454 g/mol. The molecule has 8 heteroatoms. The first-order chi connectivity index (χ1) is 15.8. The molecule has 0 atom stereocenters. The number of rotatable bonds is 6. The number of hydrogen-bond acceptors (Lipinski definition) is 2. The molecule has 0 aliphatic heterocycles. The van der Waals surface area contributed by atoms with Gasteiger partial charge in [-0.15, -0.1) is 0 Å². The first kappa shape index (κ1) is 25.5. The zero-order valence-electron chi connectivity index (χ0n) is 19.2. The second kappa shape index (κ2) is 9.60. The fourth-order valence-electron chi connectivity index (χ4n) is 3.67. The van der Waals surface area contributed by atoms with E-state index in [0.717, 1.165) is 30.0 Å². The van der Waals surface area contributed by atoms with Crippen LogP contribution in [-0.2, 0) is 12.4 Å². The molecule has 0 fully saturated rings.